The van der Waals surface area contributed by atoms with Crippen molar-refractivity contribution in [2.24, 2.45) is 0 Å². The molecule has 0 saturated carbocycles. The average molecular weight is 370 g/mol. The Morgan fingerprint density at radius 1 is 1.00 bits per heavy atom. The normalized spacial score (nSPS) is 14.0. The lowest BCUT2D eigenvalue weighted by Crippen LogP contribution is -2.24. The van der Waals surface area contributed by atoms with Gasteiger partial charge in [0.1, 0.15) is 18.1 Å². The lowest BCUT2D eigenvalue weighted by molar-refractivity contribution is -0.0509. The molecule has 0 aromatic heterocycles. The maximum atomic E-state index is 12.5. The summed E-state index contributed by atoms with van der Waals surface area (Å²) >= 11 is 0. The molecule has 0 saturated heterocycles. The first-order valence-electron chi connectivity index (χ1n) is 7.28. The summed E-state index contributed by atoms with van der Waals surface area (Å²) in [5.74, 6) is 0.137. The van der Waals surface area contributed by atoms with Gasteiger partial charge in [0.2, 0.25) is 0 Å². The van der Waals surface area contributed by atoms with Crippen LogP contribution in [0.15, 0.2) is 54.6 Å². The van der Waals surface area contributed by atoms with E-state index in [1.165, 1.54) is 12.1 Å². The smallest absolute Gasteiger partial charge is 0.489 e. The van der Waals surface area contributed by atoms with Crippen molar-refractivity contribution >= 4 is 15.9 Å². The van der Waals surface area contributed by atoms with Gasteiger partial charge in [-0.15, -0.1) is 0 Å². The summed E-state index contributed by atoms with van der Waals surface area (Å²) < 4.78 is 69.8. The van der Waals surface area contributed by atoms with Crippen LogP contribution in [0.2, 0.25) is 0 Å². The second-order valence-electron chi connectivity index (χ2n) is 5.31. The minimum absolute atomic E-state index is 0.225. The highest BCUT2D eigenvalue weighted by atomic mass is 32.2. The lowest BCUT2D eigenvalue weighted by atomic mass is 10.1. The van der Waals surface area contributed by atoms with E-state index in [2.05, 4.69) is 4.18 Å². The third-order valence-corrected chi connectivity index (χ3v) is 4.58. The second kappa shape index (κ2) is 6.44. The number of hydrogen-bond donors (Lipinski definition) is 0. The van der Waals surface area contributed by atoms with Gasteiger partial charge in [0, 0.05) is 11.1 Å². The van der Waals surface area contributed by atoms with Crippen LogP contribution in [0, 0.1) is 0 Å². The van der Waals surface area contributed by atoms with Crippen LogP contribution in [-0.4, -0.2) is 13.9 Å². The Morgan fingerprint density at radius 2 is 1.72 bits per heavy atom. The van der Waals surface area contributed by atoms with Gasteiger partial charge in [-0.1, -0.05) is 42.5 Å². The van der Waals surface area contributed by atoms with Crippen LogP contribution in [-0.2, 0) is 27.3 Å². The topological polar surface area (TPSA) is 52.6 Å². The van der Waals surface area contributed by atoms with Gasteiger partial charge in [0.05, 0.1) is 0 Å². The van der Waals surface area contributed by atoms with E-state index in [-0.39, 0.29) is 24.4 Å². The first-order chi connectivity index (χ1) is 11.8. The van der Waals surface area contributed by atoms with E-state index in [9.17, 15) is 21.6 Å². The Hall–Kier alpha value is -2.48. The maximum absolute atomic E-state index is 12.5. The number of hydrogen-bond acceptors (Lipinski definition) is 4. The number of halogens is 3. The molecule has 4 nitrogen and oxygen atoms in total. The van der Waals surface area contributed by atoms with Crippen LogP contribution in [0.4, 0.5) is 13.2 Å². The molecule has 0 spiro atoms. The number of rotatable bonds is 5. The SMILES string of the molecule is O=S(=O)(OC1=CCc2c(OCc3ccccc3)cccc21)C(F)(F)F. The van der Waals surface area contributed by atoms with E-state index < -0.39 is 15.6 Å². The van der Waals surface area contributed by atoms with E-state index in [1.807, 2.05) is 30.3 Å². The molecule has 1 aliphatic carbocycles. The molecule has 0 bridgehead atoms. The second-order valence-corrected chi connectivity index (χ2v) is 6.85. The van der Waals surface area contributed by atoms with Crippen molar-refractivity contribution in [1.29, 1.82) is 0 Å². The molecular weight excluding hydrogens is 357 g/mol. The molecule has 2 aromatic rings. The molecule has 3 rings (SSSR count). The Kier molecular flexibility index (Phi) is 4.47. The van der Waals surface area contributed by atoms with Gasteiger partial charge < -0.3 is 8.92 Å². The molecule has 0 amide bonds. The third-order valence-electron chi connectivity index (χ3n) is 3.61. The molecule has 2 aromatic carbocycles. The van der Waals surface area contributed by atoms with Gasteiger partial charge in [0.15, 0.2) is 0 Å². The fourth-order valence-corrected chi connectivity index (χ4v) is 2.92. The monoisotopic (exact) mass is 370 g/mol. The van der Waals surface area contributed by atoms with Crippen molar-refractivity contribution in [3.8, 4) is 5.75 Å². The van der Waals surface area contributed by atoms with Crippen molar-refractivity contribution in [3.05, 3.63) is 71.3 Å². The quantitative estimate of drug-likeness (QED) is 0.589. The van der Waals surface area contributed by atoms with E-state index >= 15 is 0 Å². The molecular formula is C17H13F3O4S. The van der Waals surface area contributed by atoms with E-state index in [0.717, 1.165) is 5.56 Å². The fourth-order valence-electron chi connectivity index (χ4n) is 2.43. The molecule has 0 fully saturated rings. The van der Waals surface area contributed by atoms with E-state index in [4.69, 9.17) is 4.74 Å². The number of allylic oxidation sites excluding steroid dienone is 1. The summed E-state index contributed by atoms with van der Waals surface area (Å²) in [4.78, 5) is 0. The number of alkyl halides is 3. The van der Waals surface area contributed by atoms with Crippen molar-refractivity contribution in [2.45, 2.75) is 18.5 Å². The number of fused-ring (bicyclic) bond motifs is 1. The highest BCUT2D eigenvalue weighted by Gasteiger charge is 2.49. The Balaban J connectivity index is 1.79. The maximum Gasteiger partial charge on any atom is 0.534 e. The Bertz CT molecular complexity index is 903. The molecule has 0 aliphatic heterocycles. The minimum Gasteiger partial charge on any atom is -0.489 e. The third kappa shape index (κ3) is 3.63. The van der Waals surface area contributed by atoms with Crippen molar-refractivity contribution in [1.82, 2.24) is 0 Å². The van der Waals surface area contributed by atoms with Crippen molar-refractivity contribution < 1.29 is 30.5 Å². The van der Waals surface area contributed by atoms with Gasteiger partial charge >= 0.3 is 15.6 Å². The first-order valence-corrected chi connectivity index (χ1v) is 8.68. The largest absolute Gasteiger partial charge is 0.534 e. The van der Waals surface area contributed by atoms with Gasteiger partial charge in [-0.3, -0.25) is 0 Å². The highest BCUT2D eigenvalue weighted by molar-refractivity contribution is 7.87. The van der Waals surface area contributed by atoms with Crippen molar-refractivity contribution in [3.63, 3.8) is 0 Å². The van der Waals surface area contributed by atoms with Crippen LogP contribution in [0.25, 0.3) is 5.76 Å². The summed E-state index contributed by atoms with van der Waals surface area (Å²) in [6.07, 6.45) is 1.52. The van der Waals surface area contributed by atoms with Crippen molar-refractivity contribution in [2.75, 3.05) is 0 Å². The van der Waals surface area contributed by atoms with Gasteiger partial charge in [0.25, 0.3) is 0 Å². The van der Waals surface area contributed by atoms with E-state index in [1.54, 1.807) is 12.1 Å². The minimum atomic E-state index is -5.70. The van der Waals surface area contributed by atoms with Crippen LogP contribution in [0.1, 0.15) is 16.7 Å². The Labute approximate surface area is 142 Å². The predicted molar refractivity (Wildman–Crippen MR) is 85.0 cm³/mol. The molecule has 0 unspecified atom stereocenters. The lowest BCUT2D eigenvalue weighted by Gasteiger charge is -2.13. The summed E-state index contributed by atoms with van der Waals surface area (Å²) in [7, 11) is -5.70. The molecule has 0 atom stereocenters. The van der Waals surface area contributed by atoms with Crippen LogP contribution in [0.5, 0.6) is 5.75 Å². The van der Waals surface area contributed by atoms with Gasteiger partial charge in [-0.25, -0.2) is 0 Å². The van der Waals surface area contributed by atoms with Gasteiger partial charge in [-0.05, 0) is 24.1 Å². The molecule has 0 heterocycles. The zero-order chi connectivity index (χ0) is 18.1. The highest BCUT2D eigenvalue weighted by Crippen LogP contribution is 2.38. The molecule has 132 valence electrons. The average Bonchev–Trinajstić information content (AvgIpc) is 2.96. The van der Waals surface area contributed by atoms with Gasteiger partial charge in [-0.2, -0.15) is 21.6 Å². The number of ether oxygens (including phenoxy) is 1. The summed E-state index contributed by atoms with van der Waals surface area (Å²) in [5.41, 5.74) is -3.68. The van der Waals surface area contributed by atoms with Crippen LogP contribution < -0.4 is 4.74 Å². The molecule has 25 heavy (non-hydrogen) atoms. The predicted octanol–water partition coefficient (Wildman–Crippen LogP) is 4.03. The van der Waals surface area contributed by atoms with Crippen LogP contribution >= 0.6 is 0 Å². The molecule has 0 radical (unpaired) electrons. The summed E-state index contributed by atoms with van der Waals surface area (Å²) in [6.45, 7) is 0.286. The molecule has 8 heteroatoms. The zero-order valence-electron chi connectivity index (χ0n) is 12.8. The summed E-state index contributed by atoms with van der Waals surface area (Å²) in [5, 5.41) is 0. The van der Waals surface area contributed by atoms with Crippen LogP contribution in [0.3, 0.4) is 0 Å². The summed E-state index contributed by atoms with van der Waals surface area (Å²) in [6, 6.07) is 14.1. The first kappa shape index (κ1) is 17.3. The number of benzene rings is 2. The van der Waals surface area contributed by atoms with E-state index in [0.29, 0.717) is 11.3 Å². The standard InChI is InChI=1S/C17H13F3O4S/c18-17(19,20)25(21,22)24-16-10-9-14-13(16)7-4-8-15(14)23-11-12-5-2-1-3-6-12/h1-8,10H,9,11H2. The fraction of sp³-hybridized carbons (Fsp3) is 0.176. The molecule has 0 N–H and O–H groups in total. The Morgan fingerprint density at radius 3 is 2.40 bits per heavy atom. The zero-order valence-corrected chi connectivity index (χ0v) is 13.6. The molecule has 1 aliphatic rings.